The molecule has 0 radical (unpaired) electrons. The maximum atomic E-state index is 12.0. The quantitative estimate of drug-likeness (QED) is 0.599. The highest BCUT2D eigenvalue weighted by Gasteiger charge is 2.45. The fraction of sp³-hybridized carbons (Fsp3) is 0.400. The number of hydrogen-bond acceptors (Lipinski definition) is 5. The van der Waals surface area contributed by atoms with Gasteiger partial charge in [0.25, 0.3) is 0 Å². The van der Waals surface area contributed by atoms with Crippen LogP contribution in [0.15, 0.2) is 6.07 Å². The summed E-state index contributed by atoms with van der Waals surface area (Å²) in [5.74, 6) is -0.308. The van der Waals surface area contributed by atoms with Crippen LogP contribution in [0.5, 0.6) is 0 Å². The lowest BCUT2D eigenvalue weighted by atomic mass is 9.95. The summed E-state index contributed by atoms with van der Waals surface area (Å²) in [5, 5.41) is 30.3. The number of aromatic nitrogens is 1. The minimum Gasteiger partial charge on any atom is -0.394 e. The Morgan fingerprint density at radius 2 is 1.96 bits per heavy atom. The Kier molecular flexibility index (Phi) is 4.83. The lowest BCUT2D eigenvalue weighted by Gasteiger charge is -2.19. The number of halogens is 3. The molecular weight excluding hydrogens is 381 g/mol. The SMILES string of the molecule is CC(=O)c1c(Cl)[nH]c2cc(Cl)c(Cl)c([C@@H]3O[C@H](CO)[C@@H](O)[C@H]3O)c12. The van der Waals surface area contributed by atoms with E-state index in [4.69, 9.17) is 39.5 Å². The maximum Gasteiger partial charge on any atom is 0.163 e. The van der Waals surface area contributed by atoms with E-state index in [1.165, 1.54) is 13.0 Å². The van der Waals surface area contributed by atoms with Crippen LogP contribution in [0.2, 0.25) is 15.2 Å². The smallest absolute Gasteiger partial charge is 0.163 e. The predicted octanol–water partition coefficient (Wildman–Crippen LogP) is 2.48. The van der Waals surface area contributed by atoms with Gasteiger partial charge >= 0.3 is 0 Å². The number of carbonyl (C=O) groups excluding carboxylic acids is 1. The molecule has 6 nitrogen and oxygen atoms in total. The van der Waals surface area contributed by atoms with E-state index in [2.05, 4.69) is 4.98 Å². The van der Waals surface area contributed by atoms with Crippen LogP contribution in [-0.2, 0) is 4.74 Å². The van der Waals surface area contributed by atoms with Gasteiger partial charge in [-0.2, -0.15) is 0 Å². The van der Waals surface area contributed by atoms with Crippen molar-refractivity contribution >= 4 is 51.5 Å². The highest BCUT2D eigenvalue weighted by atomic mass is 35.5. The van der Waals surface area contributed by atoms with E-state index in [0.717, 1.165) is 0 Å². The second-order valence-corrected chi connectivity index (χ2v) is 6.80. The third kappa shape index (κ3) is 2.63. The van der Waals surface area contributed by atoms with Crippen LogP contribution in [0.3, 0.4) is 0 Å². The van der Waals surface area contributed by atoms with Crippen LogP contribution in [-0.4, -0.2) is 51.0 Å². The molecule has 4 atom stereocenters. The summed E-state index contributed by atoms with van der Waals surface area (Å²) in [6.45, 7) is 0.863. The molecule has 1 aliphatic rings. The van der Waals surface area contributed by atoms with Crippen LogP contribution in [0, 0.1) is 0 Å². The van der Waals surface area contributed by atoms with Crippen molar-refractivity contribution in [1.29, 1.82) is 0 Å². The van der Waals surface area contributed by atoms with Gasteiger partial charge in [-0.15, -0.1) is 0 Å². The highest BCUT2D eigenvalue weighted by molar-refractivity contribution is 6.44. The average Bonchev–Trinajstić information content (AvgIpc) is 2.98. The van der Waals surface area contributed by atoms with Crippen LogP contribution in [0.1, 0.15) is 28.9 Å². The van der Waals surface area contributed by atoms with Gasteiger partial charge in [0.15, 0.2) is 5.78 Å². The molecule has 1 aromatic carbocycles. The molecule has 1 aliphatic heterocycles. The Morgan fingerprint density at radius 1 is 1.29 bits per heavy atom. The molecule has 9 heteroatoms. The van der Waals surface area contributed by atoms with E-state index < -0.39 is 31.0 Å². The molecule has 24 heavy (non-hydrogen) atoms. The molecule has 0 spiro atoms. The van der Waals surface area contributed by atoms with Crippen molar-refractivity contribution in [1.82, 2.24) is 4.98 Å². The normalized spacial score (nSPS) is 27.1. The minimum atomic E-state index is -1.35. The lowest BCUT2D eigenvalue weighted by molar-refractivity contribution is -0.0223. The first-order valence-corrected chi connectivity index (χ1v) is 8.23. The molecule has 1 saturated heterocycles. The average molecular weight is 395 g/mol. The summed E-state index contributed by atoms with van der Waals surface area (Å²) in [7, 11) is 0. The Balaban J connectivity index is 2.31. The van der Waals surface area contributed by atoms with Crippen molar-refractivity contribution in [2.45, 2.75) is 31.3 Å². The summed E-state index contributed by atoms with van der Waals surface area (Å²) in [6, 6.07) is 1.52. The van der Waals surface area contributed by atoms with E-state index in [1.54, 1.807) is 0 Å². The molecule has 130 valence electrons. The molecule has 2 aromatic rings. The molecule has 4 N–H and O–H groups in total. The number of benzene rings is 1. The van der Waals surface area contributed by atoms with E-state index in [9.17, 15) is 20.1 Å². The summed E-state index contributed by atoms with van der Waals surface area (Å²) in [5.41, 5.74) is 0.889. The number of hydrogen-bond donors (Lipinski definition) is 4. The number of Topliss-reactive ketones (excluding diaryl/α,β-unsaturated/α-hetero) is 1. The zero-order valence-electron chi connectivity index (χ0n) is 12.4. The van der Waals surface area contributed by atoms with Gasteiger partial charge in [0, 0.05) is 16.5 Å². The molecule has 1 aromatic heterocycles. The molecule has 0 saturated carbocycles. The number of fused-ring (bicyclic) bond motifs is 1. The first kappa shape index (κ1) is 17.9. The first-order valence-electron chi connectivity index (χ1n) is 7.10. The van der Waals surface area contributed by atoms with Crippen molar-refractivity contribution in [2.24, 2.45) is 0 Å². The number of carbonyl (C=O) groups is 1. The molecule has 2 heterocycles. The van der Waals surface area contributed by atoms with Crippen molar-refractivity contribution in [2.75, 3.05) is 6.61 Å². The van der Waals surface area contributed by atoms with E-state index in [-0.39, 0.29) is 32.1 Å². The summed E-state index contributed by atoms with van der Waals surface area (Å²) in [6.07, 6.45) is -4.71. The van der Waals surface area contributed by atoms with Crippen LogP contribution in [0.4, 0.5) is 0 Å². The molecule has 0 bridgehead atoms. The second-order valence-electron chi connectivity index (χ2n) is 5.64. The van der Waals surface area contributed by atoms with Gasteiger partial charge in [0.05, 0.1) is 22.2 Å². The maximum absolute atomic E-state index is 12.0. The number of ether oxygens (including phenoxy) is 1. The topological polar surface area (TPSA) is 103 Å². The van der Waals surface area contributed by atoms with E-state index >= 15 is 0 Å². The first-order chi connectivity index (χ1) is 11.3. The molecular formula is C15H14Cl3NO5. The largest absolute Gasteiger partial charge is 0.394 e. The van der Waals surface area contributed by atoms with Crippen molar-refractivity contribution < 1.29 is 24.9 Å². The zero-order chi connectivity index (χ0) is 17.8. The standard InChI is InChI=1S/C15H14Cl3NO5/c1-4(21)8-9-6(19-15(8)18)2-5(16)11(17)10(9)14-13(23)12(22)7(3-20)24-14/h2,7,12-14,19-20,22-23H,3H2,1H3/t7-,12-,13-,14+/m1/s1. The monoisotopic (exact) mass is 393 g/mol. The number of rotatable bonds is 3. The Morgan fingerprint density at radius 3 is 2.50 bits per heavy atom. The number of aliphatic hydroxyl groups is 3. The summed E-state index contributed by atoms with van der Waals surface area (Å²) < 4.78 is 5.55. The number of nitrogens with one attached hydrogen (secondary N) is 1. The van der Waals surface area contributed by atoms with Gasteiger partial charge < -0.3 is 25.0 Å². The van der Waals surface area contributed by atoms with Crippen LogP contribution < -0.4 is 0 Å². The molecule has 3 rings (SSSR count). The second kappa shape index (κ2) is 6.46. The Hall–Kier alpha value is -0.860. The summed E-state index contributed by atoms with van der Waals surface area (Å²) in [4.78, 5) is 14.8. The van der Waals surface area contributed by atoms with Gasteiger partial charge in [0.2, 0.25) is 0 Å². The van der Waals surface area contributed by atoms with Crippen molar-refractivity contribution in [3.8, 4) is 0 Å². The number of ketones is 1. The van der Waals surface area contributed by atoms with Crippen molar-refractivity contribution in [3.05, 3.63) is 32.4 Å². The fourth-order valence-corrected chi connectivity index (χ4v) is 3.84. The highest BCUT2D eigenvalue weighted by Crippen LogP contribution is 2.45. The third-order valence-corrected chi connectivity index (χ3v) is 5.23. The Bertz CT molecular complexity index is 821. The molecule has 0 amide bonds. The van der Waals surface area contributed by atoms with Crippen molar-refractivity contribution in [3.63, 3.8) is 0 Å². The predicted molar refractivity (Wildman–Crippen MR) is 90.0 cm³/mol. The fourth-order valence-electron chi connectivity index (χ4n) is 3.04. The van der Waals surface area contributed by atoms with Gasteiger partial charge in [-0.05, 0) is 13.0 Å². The zero-order valence-corrected chi connectivity index (χ0v) is 14.7. The number of aliphatic hydroxyl groups excluding tert-OH is 3. The van der Waals surface area contributed by atoms with E-state index in [0.29, 0.717) is 10.9 Å². The third-order valence-electron chi connectivity index (χ3n) is 4.15. The Labute approximate surface area is 151 Å². The van der Waals surface area contributed by atoms with Crippen LogP contribution in [0.25, 0.3) is 10.9 Å². The van der Waals surface area contributed by atoms with E-state index in [1.807, 2.05) is 0 Å². The minimum absolute atomic E-state index is 0.0807. The number of aromatic amines is 1. The van der Waals surface area contributed by atoms with Crippen LogP contribution >= 0.6 is 34.8 Å². The van der Waals surface area contributed by atoms with Gasteiger partial charge in [-0.1, -0.05) is 34.8 Å². The molecule has 1 fully saturated rings. The lowest BCUT2D eigenvalue weighted by Crippen LogP contribution is -2.32. The molecule has 0 aliphatic carbocycles. The summed E-state index contributed by atoms with van der Waals surface area (Å²) >= 11 is 18.6. The van der Waals surface area contributed by atoms with Gasteiger partial charge in [-0.25, -0.2) is 0 Å². The van der Waals surface area contributed by atoms with Gasteiger partial charge in [-0.3, -0.25) is 4.79 Å². The number of H-pyrrole nitrogens is 1. The van der Waals surface area contributed by atoms with Gasteiger partial charge in [0.1, 0.15) is 29.6 Å². The molecule has 0 unspecified atom stereocenters.